The van der Waals surface area contributed by atoms with E-state index in [-0.39, 0.29) is 6.42 Å². The van der Waals surface area contributed by atoms with Crippen LogP contribution in [0.3, 0.4) is 0 Å². The fourth-order valence-electron chi connectivity index (χ4n) is 2.46. The van der Waals surface area contributed by atoms with Crippen molar-refractivity contribution in [2.24, 2.45) is 0 Å². The Hall–Kier alpha value is -1.03. The number of benzene rings is 1. The predicted molar refractivity (Wildman–Crippen MR) is 65.5 cm³/mol. The van der Waals surface area contributed by atoms with Crippen molar-refractivity contribution < 1.29 is 13.2 Å². The standard InChI is InChI=1S/C14H18F3N/c15-14(16,17)7-3-4-8-18-13-9-11-5-1-2-6-12(11)10-13/h1-2,5-6,13,18H,3-4,7-10H2. The zero-order chi connectivity index (χ0) is 13.0. The highest BCUT2D eigenvalue weighted by Gasteiger charge is 2.26. The average Bonchev–Trinajstić information content (AvgIpc) is 2.69. The number of nitrogens with one attached hydrogen (secondary N) is 1. The van der Waals surface area contributed by atoms with Gasteiger partial charge in [-0.2, -0.15) is 13.2 Å². The zero-order valence-electron chi connectivity index (χ0n) is 10.3. The van der Waals surface area contributed by atoms with E-state index in [0.717, 1.165) is 12.8 Å². The van der Waals surface area contributed by atoms with E-state index in [2.05, 4.69) is 17.4 Å². The number of rotatable bonds is 5. The van der Waals surface area contributed by atoms with Gasteiger partial charge in [0, 0.05) is 12.5 Å². The molecule has 0 heterocycles. The summed E-state index contributed by atoms with van der Waals surface area (Å²) >= 11 is 0. The van der Waals surface area contributed by atoms with Crippen molar-refractivity contribution in [3.8, 4) is 0 Å². The SMILES string of the molecule is FC(F)(F)CCCCNC1Cc2ccccc2C1. The van der Waals surface area contributed by atoms with E-state index in [1.807, 2.05) is 12.1 Å². The molecule has 0 saturated carbocycles. The molecule has 0 radical (unpaired) electrons. The third-order valence-corrected chi connectivity index (χ3v) is 3.37. The van der Waals surface area contributed by atoms with E-state index >= 15 is 0 Å². The number of halogens is 3. The number of alkyl halides is 3. The molecule has 18 heavy (non-hydrogen) atoms. The van der Waals surface area contributed by atoms with E-state index in [0.29, 0.717) is 19.0 Å². The van der Waals surface area contributed by atoms with E-state index in [1.54, 1.807) is 0 Å². The summed E-state index contributed by atoms with van der Waals surface area (Å²) in [7, 11) is 0. The fourth-order valence-corrected chi connectivity index (χ4v) is 2.46. The summed E-state index contributed by atoms with van der Waals surface area (Å²) in [6.45, 7) is 0.675. The van der Waals surface area contributed by atoms with E-state index < -0.39 is 12.6 Å². The van der Waals surface area contributed by atoms with Crippen molar-refractivity contribution in [2.45, 2.75) is 44.3 Å². The summed E-state index contributed by atoms with van der Waals surface area (Å²) in [6, 6.07) is 8.71. The molecule has 100 valence electrons. The van der Waals surface area contributed by atoms with Crippen molar-refractivity contribution in [1.82, 2.24) is 5.32 Å². The van der Waals surface area contributed by atoms with Crippen LogP contribution in [0.2, 0.25) is 0 Å². The summed E-state index contributed by atoms with van der Waals surface area (Å²) in [5.74, 6) is 0. The first-order valence-corrected chi connectivity index (χ1v) is 6.41. The highest BCUT2D eigenvalue weighted by molar-refractivity contribution is 5.33. The van der Waals surface area contributed by atoms with Crippen molar-refractivity contribution in [3.05, 3.63) is 35.4 Å². The van der Waals surface area contributed by atoms with E-state index in [1.165, 1.54) is 11.1 Å². The van der Waals surface area contributed by atoms with Gasteiger partial charge in [0.25, 0.3) is 0 Å². The maximum absolute atomic E-state index is 11.9. The maximum atomic E-state index is 11.9. The Balaban J connectivity index is 1.63. The van der Waals surface area contributed by atoms with Crippen LogP contribution in [0.1, 0.15) is 30.4 Å². The molecule has 0 fully saturated rings. The summed E-state index contributed by atoms with van der Waals surface area (Å²) < 4.78 is 35.8. The minimum Gasteiger partial charge on any atom is -0.313 e. The van der Waals surface area contributed by atoms with Gasteiger partial charge in [-0.25, -0.2) is 0 Å². The molecular weight excluding hydrogens is 239 g/mol. The normalized spacial score (nSPS) is 15.9. The van der Waals surface area contributed by atoms with Crippen LogP contribution in [0.25, 0.3) is 0 Å². The second-order valence-corrected chi connectivity index (χ2v) is 4.90. The summed E-state index contributed by atoms with van der Waals surface area (Å²) in [5.41, 5.74) is 2.73. The monoisotopic (exact) mass is 257 g/mol. The second-order valence-electron chi connectivity index (χ2n) is 4.90. The van der Waals surface area contributed by atoms with Crippen LogP contribution in [0.5, 0.6) is 0 Å². The first-order valence-electron chi connectivity index (χ1n) is 6.41. The van der Waals surface area contributed by atoms with Crippen molar-refractivity contribution in [1.29, 1.82) is 0 Å². The number of fused-ring (bicyclic) bond motifs is 1. The zero-order valence-corrected chi connectivity index (χ0v) is 10.3. The Morgan fingerprint density at radius 2 is 1.67 bits per heavy atom. The van der Waals surface area contributed by atoms with Crippen LogP contribution in [0.15, 0.2) is 24.3 Å². The predicted octanol–water partition coefficient (Wildman–Crippen LogP) is 3.48. The molecular formula is C14H18F3N. The largest absolute Gasteiger partial charge is 0.389 e. The molecule has 1 aromatic rings. The number of hydrogen-bond acceptors (Lipinski definition) is 1. The van der Waals surface area contributed by atoms with Crippen molar-refractivity contribution >= 4 is 0 Å². The Bertz CT molecular complexity index is 362. The van der Waals surface area contributed by atoms with Gasteiger partial charge in [0.15, 0.2) is 0 Å². The molecule has 1 N–H and O–H groups in total. The summed E-state index contributed by atoms with van der Waals surface area (Å²) in [5, 5.41) is 3.35. The summed E-state index contributed by atoms with van der Waals surface area (Å²) in [6.07, 6.45) is -1.88. The Morgan fingerprint density at radius 3 is 2.22 bits per heavy atom. The van der Waals surface area contributed by atoms with Crippen LogP contribution in [0, 0.1) is 0 Å². The number of hydrogen-bond donors (Lipinski definition) is 1. The molecule has 0 atom stereocenters. The van der Waals surface area contributed by atoms with Gasteiger partial charge in [0.2, 0.25) is 0 Å². The molecule has 1 aromatic carbocycles. The highest BCUT2D eigenvalue weighted by atomic mass is 19.4. The molecule has 0 aliphatic heterocycles. The molecule has 4 heteroatoms. The molecule has 1 aliphatic carbocycles. The molecule has 0 spiro atoms. The molecule has 0 amide bonds. The van der Waals surface area contributed by atoms with Gasteiger partial charge in [-0.15, -0.1) is 0 Å². The van der Waals surface area contributed by atoms with Crippen LogP contribution in [0.4, 0.5) is 13.2 Å². The lowest BCUT2D eigenvalue weighted by Crippen LogP contribution is -2.30. The van der Waals surface area contributed by atoms with Crippen LogP contribution < -0.4 is 5.32 Å². The Kier molecular flexibility index (Phi) is 4.27. The summed E-state index contributed by atoms with van der Waals surface area (Å²) in [4.78, 5) is 0. The van der Waals surface area contributed by atoms with Crippen LogP contribution >= 0.6 is 0 Å². The third kappa shape index (κ3) is 4.02. The topological polar surface area (TPSA) is 12.0 Å². The molecule has 0 aromatic heterocycles. The molecule has 1 nitrogen and oxygen atoms in total. The molecule has 0 unspecified atom stereocenters. The smallest absolute Gasteiger partial charge is 0.313 e. The minimum atomic E-state index is -4.01. The first kappa shape index (κ1) is 13.4. The van der Waals surface area contributed by atoms with Crippen molar-refractivity contribution in [2.75, 3.05) is 6.54 Å². The maximum Gasteiger partial charge on any atom is 0.389 e. The molecule has 0 bridgehead atoms. The van der Waals surface area contributed by atoms with Gasteiger partial charge in [-0.3, -0.25) is 0 Å². The first-order chi connectivity index (χ1) is 8.54. The van der Waals surface area contributed by atoms with Crippen LogP contribution in [-0.4, -0.2) is 18.8 Å². The van der Waals surface area contributed by atoms with Gasteiger partial charge in [0.1, 0.15) is 0 Å². The molecule has 2 rings (SSSR count). The lowest BCUT2D eigenvalue weighted by atomic mass is 10.1. The lowest BCUT2D eigenvalue weighted by molar-refractivity contribution is -0.135. The second kappa shape index (κ2) is 5.74. The van der Waals surface area contributed by atoms with Gasteiger partial charge in [-0.1, -0.05) is 24.3 Å². The third-order valence-electron chi connectivity index (χ3n) is 3.37. The van der Waals surface area contributed by atoms with Gasteiger partial charge >= 0.3 is 6.18 Å². The van der Waals surface area contributed by atoms with E-state index in [4.69, 9.17) is 0 Å². The van der Waals surface area contributed by atoms with Gasteiger partial charge in [0.05, 0.1) is 0 Å². The minimum absolute atomic E-state index is 0.218. The van der Waals surface area contributed by atoms with E-state index in [9.17, 15) is 13.2 Å². The average molecular weight is 257 g/mol. The number of unbranched alkanes of at least 4 members (excludes halogenated alkanes) is 1. The molecule has 0 saturated heterocycles. The quantitative estimate of drug-likeness (QED) is 0.796. The van der Waals surface area contributed by atoms with Gasteiger partial charge < -0.3 is 5.32 Å². The van der Waals surface area contributed by atoms with Crippen LogP contribution in [-0.2, 0) is 12.8 Å². The van der Waals surface area contributed by atoms with Gasteiger partial charge in [-0.05, 0) is 43.4 Å². The Labute approximate surface area is 105 Å². The lowest BCUT2D eigenvalue weighted by Gasteiger charge is -2.12. The Morgan fingerprint density at radius 1 is 1.06 bits per heavy atom. The van der Waals surface area contributed by atoms with Crippen molar-refractivity contribution in [3.63, 3.8) is 0 Å². The highest BCUT2D eigenvalue weighted by Crippen LogP contribution is 2.23. The molecule has 1 aliphatic rings. The fraction of sp³-hybridized carbons (Fsp3) is 0.571.